The Labute approximate surface area is 149 Å². The van der Waals surface area contributed by atoms with Gasteiger partial charge < -0.3 is 14.9 Å². The minimum atomic E-state index is -0.984. The van der Waals surface area contributed by atoms with Gasteiger partial charge in [0.2, 0.25) is 0 Å². The van der Waals surface area contributed by atoms with E-state index in [4.69, 9.17) is 10.2 Å². The van der Waals surface area contributed by atoms with Gasteiger partial charge in [0.1, 0.15) is 6.29 Å². The van der Waals surface area contributed by atoms with Gasteiger partial charge in [0.05, 0.1) is 18.2 Å². The van der Waals surface area contributed by atoms with Gasteiger partial charge in [-0.3, -0.25) is 4.79 Å². The molecule has 0 heterocycles. The first-order chi connectivity index (χ1) is 12.4. The van der Waals surface area contributed by atoms with Crippen LogP contribution in [0, 0.1) is 0 Å². The average Bonchev–Trinajstić information content (AvgIpc) is 2.66. The molecule has 2 rings (SSSR count). The number of ether oxygens (including phenoxy) is 1. The van der Waals surface area contributed by atoms with E-state index in [1.807, 2.05) is 0 Å². The van der Waals surface area contributed by atoms with Gasteiger partial charge in [0.25, 0.3) is 0 Å². The maximum Gasteiger partial charge on any atom is 0.335 e. The van der Waals surface area contributed by atoms with E-state index >= 15 is 0 Å². The molecule has 0 aliphatic rings. The number of aldehydes is 1. The molecule has 0 spiro atoms. The summed E-state index contributed by atoms with van der Waals surface area (Å²) >= 11 is 0. The van der Waals surface area contributed by atoms with Crippen LogP contribution in [0.15, 0.2) is 54.6 Å². The van der Waals surface area contributed by atoms with Gasteiger partial charge in [0.15, 0.2) is 0 Å². The van der Waals surface area contributed by atoms with Crippen LogP contribution in [0.25, 0.3) is 6.08 Å². The molecule has 0 aliphatic carbocycles. The fourth-order valence-electron chi connectivity index (χ4n) is 1.67. The van der Waals surface area contributed by atoms with Gasteiger partial charge >= 0.3 is 17.9 Å². The van der Waals surface area contributed by atoms with Crippen LogP contribution in [0.2, 0.25) is 0 Å². The fraction of sp³-hybridized carbons (Fsp3) is 0.0526. The number of benzene rings is 2. The van der Waals surface area contributed by atoms with Crippen molar-refractivity contribution in [1.29, 1.82) is 0 Å². The van der Waals surface area contributed by atoms with Crippen LogP contribution in [-0.4, -0.2) is 41.5 Å². The molecule has 0 aromatic heterocycles. The number of hydrogen-bond acceptors (Lipinski definition) is 5. The topological polar surface area (TPSA) is 118 Å². The zero-order valence-corrected chi connectivity index (χ0v) is 13.8. The van der Waals surface area contributed by atoms with E-state index in [1.165, 1.54) is 49.6 Å². The minimum Gasteiger partial charge on any atom is -0.478 e. The maximum absolute atomic E-state index is 10.8. The zero-order chi connectivity index (χ0) is 19.5. The molecule has 7 heteroatoms. The smallest absolute Gasteiger partial charge is 0.335 e. The molecule has 0 bridgehead atoms. The maximum atomic E-state index is 10.8. The van der Waals surface area contributed by atoms with Crippen LogP contribution in [0.5, 0.6) is 0 Å². The quantitative estimate of drug-likeness (QED) is 0.480. The molecule has 0 aliphatic heterocycles. The van der Waals surface area contributed by atoms with Gasteiger partial charge in [0, 0.05) is 11.6 Å². The molecule has 7 nitrogen and oxygen atoms in total. The Bertz CT molecular complexity index is 803. The molecule has 2 aromatic carbocycles. The van der Waals surface area contributed by atoms with E-state index in [0.717, 1.165) is 5.56 Å². The Hall–Kier alpha value is -3.74. The van der Waals surface area contributed by atoms with Crippen molar-refractivity contribution < 1.29 is 34.1 Å². The zero-order valence-electron chi connectivity index (χ0n) is 13.8. The minimum absolute atomic E-state index is 0.190. The van der Waals surface area contributed by atoms with Gasteiger partial charge in [-0.2, -0.15) is 0 Å². The number of esters is 1. The molecule has 0 fully saturated rings. The fourth-order valence-corrected chi connectivity index (χ4v) is 1.67. The second-order valence-electron chi connectivity index (χ2n) is 4.83. The Morgan fingerprint density at radius 1 is 0.808 bits per heavy atom. The summed E-state index contributed by atoms with van der Waals surface area (Å²) in [6.45, 7) is 0. The average molecular weight is 356 g/mol. The van der Waals surface area contributed by atoms with Crippen molar-refractivity contribution in [3.05, 3.63) is 76.9 Å². The molecule has 0 saturated heterocycles. The highest BCUT2D eigenvalue weighted by Crippen LogP contribution is 2.06. The lowest BCUT2D eigenvalue weighted by Crippen LogP contribution is -1.95. The summed E-state index contributed by atoms with van der Waals surface area (Å²) in [6, 6.07) is 11.9. The standard InChI is InChI=1S/C11H10O4.C8H6O3/c1-15-10(12)7-4-8-2-5-9(6-3-8)11(13)14;9-5-6-1-3-7(4-2-6)8(10)11/h2-7H,1H3,(H,13,14);1-5H,(H,10,11). The molecule has 26 heavy (non-hydrogen) atoms. The molecule has 0 radical (unpaired) electrons. The third kappa shape index (κ3) is 6.79. The monoisotopic (exact) mass is 356 g/mol. The number of rotatable bonds is 5. The first-order valence-electron chi connectivity index (χ1n) is 7.25. The van der Waals surface area contributed by atoms with Crippen LogP contribution >= 0.6 is 0 Å². The molecule has 2 aromatic rings. The lowest BCUT2D eigenvalue weighted by atomic mass is 10.1. The van der Waals surface area contributed by atoms with E-state index in [2.05, 4.69) is 4.74 Å². The molecular weight excluding hydrogens is 340 g/mol. The van der Waals surface area contributed by atoms with Crippen molar-refractivity contribution in [3.63, 3.8) is 0 Å². The van der Waals surface area contributed by atoms with E-state index in [-0.39, 0.29) is 11.1 Å². The van der Waals surface area contributed by atoms with Crippen molar-refractivity contribution >= 4 is 30.3 Å². The Morgan fingerprint density at radius 3 is 1.58 bits per heavy atom. The number of carboxylic acids is 2. The highest BCUT2D eigenvalue weighted by Gasteiger charge is 2.01. The predicted octanol–water partition coefficient (Wildman–Crippen LogP) is 2.77. The van der Waals surface area contributed by atoms with Crippen molar-refractivity contribution in [2.75, 3.05) is 7.11 Å². The van der Waals surface area contributed by atoms with E-state index in [9.17, 15) is 19.2 Å². The van der Waals surface area contributed by atoms with E-state index in [0.29, 0.717) is 11.8 Å². The summed E-state index contributed by atoms with van der Waals surface area (Å²) in [7, 11) is 1.29. The molecule has 0 unspecified atom stereocenters. The van der Waals surface area contributed by atoms with Gasteiger partial charge in [-0.25, -0.2) is 14.4 Å². The van der Waals surface area contributed by atoms with Gasteiger partial charge in [-0.05, 0) is 35.9 Å². The summed E-state index contributed by atoms with van der Waals surface area (Å²) < 4.78 is 4.41. The summed E-state index contributed by atoms with van der Waals surface area (Å²) in [5, 5.41) is 17.1. The molecule has 0 saturated carbocycles. The second kappa shape index (κ2) is 10.2. The van der Waals surface area contributed by atoms with E-state index < -0.39 is 17.9 Å². The van der Waals surface area contributed by atoms with Crippen molar-refractivity contribution in [2.24, 2.45) is 0 Å². The highest BCUT2D eigenvalue weighted by atomic mass is 16.5. The molecule has 0 atom stereocenters. The number of carbonyl (C=O) groups excluding carboxylic acids is 2. The van der Waals surface area contributed by atoms with Gasteiger partial charge in [-0.15, -0.1) is 0 Å². The normalized spacial score (nSPS) is 9.73. The number of carbonyl (C=O) groups is 4. The summed E-state index contributed by atoms with van der Waals surface area (Å²) in [5.74, 6) is -2.40. The first-order valence-corrected chi connectivity index (χ1v) is 7.25. The molecular formula is C19H16O7. The molecule has 134 valence electrons. The van der Waals surface area contributed by atoms with Crippen LogP contribution in [0.3, 0.4) is 0 Å². The Kier molecular flexibility index (Phi) is 7.96. The summed E-state index contributed by atoms with van der Waals surface area (Å²) in [6.07, 6.45) is 3.50. The Morgan fingerprint density at radius 2 is 1.23 bits per heavy atom. The van der Waals surface area contributed by atoms with E-state index in [1.54, 1.807) is 18.2 Å². The first kappa shape index (κ1) is 20.3. The third-order valence-electron chi connectivity index (χ3n) is 3.06. The number of hydrogen-bond donors (Lipinski definition) is 2. The van der Waals surface area contributed by atoms with Crippen LogP contribution < -0.4 is 0 Å². The third-order valence-corrected chi connectivity index (χ3v) is 3.06. The number of aromatic carboxylic acids is 2. The van der Waals surface area contributed by atoms with Crippen LogP contribution in [-0.2, 0) is 9.53 Å². The predicted molar refractivity (Wildman–Crippen MR) is 93.2 cm³/mol. The summed E-state index contributed by atoms with van der Waals surface area (Å²) in [4.78, 5) is 41.7. The summed E-state index contributed by atoms with van der Waals surface area (Å²) in [5.41, 5.74) is 1.63. The van der Waals surface area contributed by atoms with Crippen LogP contribution in [0.1, 0.15) is 36.6 Å². The lowest BCUT2D eigenvalue weighted by Gasteiger charge is -1.95. The number of methoxy groups -OCH3 is 1. The number of carboxylic acid groups (broad SMARTS) is 2. The lowest BCUT2D eigenvalue weighted by molar-refractivity contribution is -0.134. The largest absolute Gasteiger partial charge is 0.478 e. The van der Waals surface area contributed by atoms with Crippen molar-refractivity contribution in [1.82, 2.24) is 0 Å². The van der Waals surface area contributed by atoms with Crippen LogP contribution in [0.4, 0.5) is 0 Å². The second-order valence-corrected chi connectivity index (χ2v) is 4.83. The highest BCUT2D eigenvalue weighted by molar-refractivity contribution is 5.89. The molecule has 2 N–H and O–H groups in total. The van der Waals surface area contributed by atoms with Crippen molar-refractivity contribution in [3.8, 4) is 0 Å². The van der Waals surface area contributed by atoms with Crippen molar-refractivity contribution in [2.45, 2.75) is 0 Å². The van der Waals surface area contributed by atoms with Gasteiger partial charge in [-0.1, -0.05) is 24.3 Å². The SMILES string of the molecule is COC(=O)C=Cc1ccc(C(=O)O)cc1.O=Cc1ccc(C(=O)O)cc1. The Balaban J connectivity index is 0.000000273. The molecule has 0 amide bonds.